The average molecular weight is 396 g/mol. The van der Waals surface area contributed by atoms with E-state index in [0.717, 1.165) is 6.07 Å². The van der Waals surface area contributed by atoms with Crippen molar-refractivity contribution in [1.82, 2.24) is 0 Å². The van der Waals surface area contributed by atoms with Gasteiger partial charge in [0.05, 0.1) is 30.2 Å². The molecule has 0 spiro atoms. The minimum absolute atomic E-state index is 0.0758. The summed E-state index contributed by atoms with van der Waals surface area (Å²) in [6.07, 6.45) is 1.08. The number of nitro groups is 1. The van der Waals surface area contributed by atoms with E-state index in [9.17, 15) is 25.0 Å². The molecule has 0 aliphatic carbocycles. The van der Waals surface area contributed by atoms with Gasteiger partial charge in [0.1, 0.15) is 17.4 Å². The summed E-state index contributed by atoms with van der Waals surface area (Å²) in [5.74, 6) is -1.61. The standard InChI is InChI=1S/C19H16N4O6/c1-29-17-9-15(23(27)28)6-7-16(17)22-19(26)13(10-20)11-21-14-4-2-12(3-5-14)8-18(24)25/h2-7,9,11,21H,8H2,1H3,(H,22,26)(H,24,25)/b13-11-. The highest BCUT2D eigenvalue weighted by Crippen LogP contribution is 2.29. The summed E-state index contributed by atoms with van der Waals surface area (Å²) in [6, 6.07) is 11.9. The number of carbonyl (C=O) groups is 2. The maximum absolute atomic E-state index is 12.3. The second kappa shape index (κ2) is 9.52. The Morgan fingerprint density at radius 3 is 2.52 bits per heavy atom. The zero-order valence-corrected chi connectivity index (χ0v) is 15.2. The number of ether oxygens (including phenoxy) is 1. The Morgan fingerprint density at radius 2 is 1.97 bits per heavy atom. The summed E-state index contributed by atoms with van der Waals surface area (Å²) in [7, 11) is 1.30. The van der Waals surface area contributed by atoms with Gasteiger partial charge in [0.2, 0.25) is 0 Å². The predicted molar refractivity (Wildman–Crippen MR) is 103 cm³/mol. The van der Waals surface area contributed by atoms with Crippen LogP contribution in [0.4, 0.5) is 17.1 Å². The first-order valence-electron chi connectivity index (χ1n) is 8.15. The number of nitrogens with one attached hydrogen (secondary N) is 2. The van der Waals surface area contributed by atoms with Crippen LogP contribution in [-0.2, 0) is 16.0 Å². The first kappa shape index (κ1) is 20.9. The third-order valence-corrected chi connectivity index (χ3v) is 3.70. The maximum Gasteiger partial charge on any atom is 0.307 e. The number of carboxylic acid groups (broad SMARTS) is 1. The monoisotopic (exact) mass is 396 g/mol. The first-order valence-corrected chi connectivity index (χ1v) is 8.15. The predicted octanol–water partition coefficient (Wildman–Crippen LogP) is 2.69. The fourth-order valence-corrected chi connectivity index (χ4v) is 2.28. The summed E-state index contributed by atoms with van der Waals surface area (Å²) in [5.41, 5.74) is 0.870. The van der Waals surface area contributed by atoms with Crippen molar-refractivity contribution in [2.24, 2.45) is 0 Å². The maximum atomic E-state index is 12.3. The van der Waals surface area contributed by atoms with Gasteiger partial charge < -0.3 is 20.5 Å². The van der Waals surface area contributed by atoms with Gasteiger partial charge >= 0.3 is 5.97 Å². The molecular weight excluding hydrogens is 380 g/mol. The molecule has 2 rings (SSSR count). The topological polar surface area (TPSA) is 155 Å². The van der Waals surface area contributed by atoms with Crippen molar-refractivity contribution in [3.8, 4) is 11.8 Å². The van der Waals surface area contributed by atoms with Gasteiger partial charge in [-0.05, 0) is 23.8 Å². The minimum atomic E-state index is -0.948. The van der Waals surface area contributed by atoms with E-state index in [1.165, 1.54) is 25.4 Å². The molecule has 10 heteroatoms. The van der Waals surface area contributed by atoms with E-state index in [-0.39, 0.29) is 29.1 Å². The molecule has 2 aromatic rings. The van der Waals surface area contributed by atoms with Gasteiger partial charge in [0.15, 0.2) is 0 Å². The molecule has 10 nitrogen and oxygen atoms in total. The lowest BCUT2D eigenvalue weighted by Gasteiger charge is -2.10. The molecule has 148 valence electrons. The zero-order chi connectivity index (χ0) is 21.4. The normalized spacial score (nSPS) is 10.6. The van der Waals surface area contributed by atoms with Gasteiger partial charge in [-0.15, -0.1) is 0 Å². The number of hydrogen-bond acceptors (Lipinski definition) is 7. The molecule has 0 aliphatic heterocycles. The Hall–Kier alpha value is -4.39. The Balaban J connectivity index is 2.11. The van der Waals surface area contributed by atoms with Crippen LogP contribution in [0.5, 0.6) is 5.75 Å². The molecule has 3 N–H and O–H groups in total. The second-order valence-corrected chi connectivity index (χ2v) is 5.68. The van der Waals surface area contributed by atoms with Crippen molar-refractivity contribution < 1.29 is 24.4 Å². The van der Waals surface area contributed by atoms with Gasteiger partial charge in [-0.1, -0.05) is 12.1 Å². The third kappa shape index (κ3) is 5.80. The van der Waals surface area contributed by atoms with Crippen molar-refractivity contribution in [2.75, 3.05) is 17.7 Å². The van der Waals surface area contributed by atoms with Crippen LogP contribution in [0, 0.1) is 21.4 Å². The second-order valence-electron chi connectivity index (χ2n) is 5.68. The Bertz CT molecular complexity index is 1010. The molecule has 29 heavy (non-hydrogen) atoms. The molecule has 0 fully saturated rings. The smallest absolute Gasteiger partial charge is 0.307 e. The fraction of sp³-hybridized carbons (Fsp3) is 0.105. The van der Waals surface area contributed by atoms with E-state index in [4.69, 9.17) is 9.84 Å². The van der Waals surface area contributed by atoms with E-state index in [1.54, 1.807) is 30.3 Å². The lowest BCUT2D eigenvalue weighted by molar-refractivity contribution is -0.384. The molecule has 0 aromatic heterocycles. The highest BCUT2D eigenvalue weighted by atomic mass is 16.6. The molecule has 0 unspecified atom stereocenters. The van der Waals surface area contributed by atoms with E-state index < -0.39 is 16.8 Å². The third-order valence-electron chi connectivity index (χ3n) is 3.70. The Labute approximate surface area is 165 Å². The summed E-state index contributed by atoms with van der Waals surface area (Å²) in [5, 5.41) is 34.1. The van der Waals surface area contributed by atoms with Crippen molar-refractivity contribution in [3.05, 3.63) is 69.9 Å². The van der Waals surface area contributed by atoms with Crippen molar-refractivity contribution in [3.63, 3.8) is 0 Å². The molecule has 0 saturated carbocycles. The summed E-state index contributed by atoms with van der Waals surface area (Å²) < 4.78 is 5.04. The van der Waals surface area contributed by atoms with E-state index in [1.807, 2.05) is 0 Å². The highest BCUT2D eigenvalue weighted by Gasteiger charge is 2.15. The molecule has 0 bridgehead atoms. The molecular formula is C19H16N4O6. The zero-order valence-electron chi connectivity index (χ0n) is 15.2. The van der Waals surface area contributed by atoms with E-state index >= 15 is 0 Å². The van der Waals surface area contributed by atoms with Crippen molar-refractivity contribution in [2.45, 2.75) is 6.42 Å². The van der Waals surface area contributed by atoms with Crippen LogP contribution in [0.25, 0.3) is 0 Å². The van der Waals surface area contributed by atoms with Gasteiger partial charge in [-0.2, -0.15) is 5.26 Å². The number of nitriles is 1. The number of amides is 1. The molecule has 0 aliphatic rings. The Morgan fingerprint density at radius 1 is 1.28 bits per heavy atom. The van der Waals surface area contributed by atoms with Crippen LogP contribution in [-0.4, -0.2) is 29.0 Å². The number of aliphatic carboxylic acids is 1. The van der Waals surface area contributed by atoms with Crippen LogP contribution < -0.4 is 15.4 Å². The Kier molecular flexibility index (Phi) is 6.86. The van der Waals surface area contributed by atoms with E-state index in [0.29, 0.717) is 11.3 Å². The van der Waals surface area contributed by atoms with Gasteiger partial charge in [0.25, 0.3) is 11.6 Å². The summed E-state index contributed by atoms with van der Waals surface area (Å²) in [6.45, 7) is 0. The molecule has 0 radical (unpaired) electrons. The molecule has 1 amide bonds. The fourth-order valence-electron chi connectivity index (χ4n) is 2.28. The number of carbonyl (C=O) groups excluding carboxylic acids is 1. The highest BCUT2D eigenvalue weighted by molar-refractivity contribution is 6.07. The number of nitro benzene ring substituents is 1. The molecule has 0 heterocycles. The van der Waals surface area contributed by atoms with Crippen molar-refractivity contribution >= 4 is 28.9 Å². The number of anilines is 2. The number of rotatable bonds is 8. The number of benzene rings is 2. The van der Waals surface area contributed by atoms with Gasteiger partial charge in [-0.25, -0.2) is 0 Å². The lowest BCUT2D eigenvalue weighted by Crippen LogP contribution is -2.15. The van der Waals surface area contributed by atoms with Crippen LogP contribution in [0.15, 0.2) is 54.2 Å². The molecule has 2 aromatic carbocycles. The van der Waals surface area contributed by atoms with Crippen LogP contribution in [0.1, 0.15) is 5.56 Å². The number of non-ortho nitro benzene ring substituents is 1. The summed E-state index contributed by atoms with van der Waals surface area (Å²) >= 11 is 0. The lowest BCUT2D eigenvalue weighted by atomic mass is 10.1. The van der Waals surface area contributed by atoms with Gasteiger partial charge in [-0.3, -0.25) is 19.7 Å². The number of nitrogens with zero attached hydrogens (tertiary/aromatic N) is 2. The SMILES string of the molecule is COc1cc([N+](=O)[O-])ccc1NC(=O)/C(C#N)=C\Nc1ccc(CC(=O)O)cc1. The largest absolute Gasteiger partial charge is 0.494 e. The molecule has 0 saturated heterocycles. The molecule has 0 atom stereocenters. The van der Waals surface area contributed by atoms with Crippen LogP contribution >= 0.6 is 0 Å². The van der Waals surface area contributed by atoms with E-state index in [2.05, 4.69) is 10.6 Å². The first-order chi connectivity index (χ1) is 13.8. The quantitative estimate of drug-likeness (QED) is 0.266. The van der Waals surface area contributed by atoms with Crippen LogP contribution in [0.2, 0.25) is 0 Å². The van der Waals surface area contributed by atoms with Crippen LogP contribution in [0.3, 0.4) is 0 Å². The number of methoxy groups -OCH3 is 1. The average Bonchev–Trinajstić information content (AvgIpc) is 2.69. The number of hydrogen-bond donors (Lipinski definition) is 3. The number of carboxylic acids is 1. The summed E-state index contributed by atoms with van der Waals surface area (Å²) in [4.78, 5) is 33.2. The van der Waals surface area contributed by atoms with Crippen molar-refractivity contribution in [1.29, 1.82) is 5.26 Å². The van der Waals surface area contributed by atoms with Gasteiger partial charge in [0, 0.05) is 18.0 Å². The minimum Gasteiger partial charge on any atom is -0.494 e.